The Morgan fingerprint density at radius 1 is 1.00 bits per heavy atom. The van der Waals surface area contributed by atoms with Gasteiger partial charge >= 0.3 is 12.1 Å². The molecule has 0 aromatic heterocycles. The number of amides is 1. The third-order valence-electron chi connectivity index (χ3n) is 7.20. The maximum Gasteiger partial charge on any atom is 0.407 e. The van der Waals surface area contributed by atoms with E-state index in [1.165, 1.54) is 0 Å². The lowest BCUT2D eigenvalue weighted by Crippen LogP contribution is -2.53. The number of aliphatic hydroxyl groups excluding tert-OH is 1. The van der Waals surface area contributed by atoms with E-state index in [4.69, 9.17) is 9.47 Å². The molecule has 208 valence electrons. The van der Waals surface area contributed by atoms with Crippen LogP contribution in [0.15, 0.2) is 60.7 Å². The van der Waals surface area contributed by atoms with Crippen molar-refractivity contribution in [1.29, 1.82) is 0 Å². The fourth-order valence-electron chi connectivity index (χ4n) is 5.22. The minimum atomic E-state index is -0.740. The molecule has 2 N–H and O–H groups in total. The highest BCUT2D eigenvalue weighted by Crippen LogP contribution is 2.33. The van der Waals surface area contributed by atoms with Gasteiger partial charge in [-0.3, -0.25) is 9.69 Å². The number of nitrogens with zero attached hydrogens (tertiary/aromatic N) is 1. The summed E-state index contributed by atoms with van der Waals surface area (Å²) in [4.78, 5) is 28.3. The molecule has 1 amide bonds. The number of benzene rings is 2. The van der Waals surface area contributed by atoms with Crippen LogP contribution >= 0.6 is 0 Å². The van der Waals surface area contributed by atoms with Crippen LogP contribution in [0.5, 0.6) is 0 Å². The van der Waals surface area contributed by atoms with Gasteiger partial charge in [-0.1, -0.05) is 87.4 Å². The van der Waals surface area contributed by atoms with Gasteiger partial charge in [-0.15, -0.1) is 0 Å². The normalized spacial score (nSPS) is 20.8. The van der Waals surface area contributed by atoms with Gasteiger partial charge in [-0.25, -0.2) is 4.79 Å². The fraction of sp³-hybridized carbons (Fsp3) is 0.548. The molecule has 38 heavy (non-hydrogen) atoms. The summed E-state index contributed by atoms with van der Waals surface area (Å²) in [6.45, 7) is 10.4. The summed E-state index contributed by atoms with van der Waals surface area (Å²) in [5.74, 6) is -0.00930. The molecule has 2 aromatic carbocycles. The number of nitrogens with one attached hydrogen (secondary N) is 1. The summed E-state index contributed by atoms with van der Waals surface area (Å²) in [5, 5.41) is 14.5. The standard InChI is InChI=1S/C31H44N2O5/c1-6-22(7-2)18-27(34)28-25(32-30(36)37-21-24-16-12-9-13-17-24)19-26(29(35)38-31(3,4)5)33(28)20-23-14-10-8-11-15-23/h8-17,22,25-28,34H,6-7,18-21H2,1-5H3,(H,32,36)/t25-,26-,27?,28-/m1/s1. The van der Waals surface area contributed by atoms with Gasteiger partial charge in [-0.2, -0.15) is 0 Å². The van der Waals surface area contributed by atoms with Gasteiger partial charge in [0, 0.05) is 6.54 Å². The molecule has 0 radical (unpaired) electrons. The molecule has 7 nitrogen and oxygen atoms in total. The number of esters is 1. The molecule has 1 heterocycles. The highest BCUT2D eigenvalue weighted by Gasteiger charge is 2.49. The van der Waals surface area contributed by atoms with Crippen molar-refractivity contribution < 1.29 is 24.2 Å². The van der Waals surface area contributed by atoms with Crippen LogP contribution < -0.4 is 5.32 Å². The Balaban J connectivity index is 1.87. The largest absolute Gasteiger partial charge is 0.459 e. The maximum absolute atomic E-state index is 13.4. The fourth-order valence-corrected chi connectivity index (χ4v) is 5.22. The number of hydrogen-bond donors (Lipinski definition) is 2. The lowest BCUT2D eigenvalue weighted by Gasteiger charge is -2.36. The highest BCUT2D eigenvalue weighted by molar-refractivity contribution is 5.77. The monoisotopic (exact) mass is 524 g/mol. The molecule has 3 rings (SSSR count). The molecule has 2 aromatic rings. The Morgan fingerprint density at radius 3 is 2.13 bits per heavy atom. The number of carbonyl (C=O) groups excluding carboxylic acids is 2. The Bertz CT molecular complexity index is 1000. The Hall–Kier alpha value is -2.90. The number of ether oxygens (including phenoxy) is 2. The highest BCUT2D eigenvalue weighted by atomic mass is 16.6. The summed E-state index contributed by atoms with van der Waals surface area (Å²) in [6, 6.07) is 17.8. The van der Waals surface area contributed by atoms with Crippen molar-refractivity contribution in [2.75, 3.05) is 0 Å². The van der Waals surface area contributed by atoms with Gasteiger partial charge in [-0.05, 0) is 50.7 Å². The van der Waals surface area contributed by atoms with E-state index in [0.717, 1.165) is 24.0 Å². The number of carbonyl (C=O) groups is 2. The zero-order valence-corrected chi connectivity index (χ0v) is 23.4. The van der Waals surface area contributed by atoms with Gasteiger partial charge in [0.1, 0.15) is 18.2 Å². The van der Waals surface area contributed by atoms with Crippen LogP contribution in [0.1, 0.15) is 71.4 Å². The molecule has 4 atom stereocenters. The van der Waals surface area contributed by atoms with E-state index in [1.807, 2.05) is 86.3 Å². The maximum atomic E-state index is 13.4. The van der Waals surface area contributed by atoms with Crippen LogP contribution in [-0.2, 0) is 27.4 Å². The molecule has 1 saturated heterocycles. The number of aliphatic hydroxyl groups is 1. The number of alkyl carbamates (subject to hydrolysis) is 1. The van der Waals surface area contributed by atoms with Gasteiger partial charge in [0.15, 0.2) is 0 Å². The second-order valence-corrected chi connectivity index (χ2v) is 11.2. The Kier molecular flexibility index (Phi) is 10.7. The van der Waals surface area contributed by atoms with Crippen LogP contribution in [-0.4, -0.2) is 51.9 Å². The third kappa shape index (κ3) is 8.57. The van der Waals surface area contributed by atoms with Crippen LogP contribution in [0, 0.1) is 5.92 Å². The molecule has 0 saturated carbocycles. The van der Waals surface area contributed by atoms with Crippen molar-refractivity contribution >= 4 is 12.1 Å². The molecule has 1 unspecified atom stereocenters. The van der Waals surface area contributed by atoms with Crippen molar-refractivity contribution in [2.45, 2.75) is 103 Å². The minimum Gasteiger partial charge on any atom is -0.459 e. The minimum absolute atomic E-state index is 0.142. The van der Waals surface area contributed by atoms with E-state index in [1.54, 1.807) is 0 Å². The van der Waals surface area contributed by atoms with E-state index in [2.05, 4.69) is 19.2 Å². The first kappa shape index (κ1) is 29.7. The lowest BCUT2D eigenvalue weighted by atomic mass is 9.90. The lowest BCUT2D eigenvalue weighted by molar-refractivity contribution is -0.161. The van der Waals surface area contributed by atoms with Gasteiger partial charge < -0.3 is 19.9 Å². The first-order chi connectivity index (χ1) is 18.1. The zero-order chi connectivity index (χ0) is 27.7. The average Bonchev–Trinajstić information content (AvgIpc) is 3.23. The van der Waals surface area contributed by atoms with Crippen LogP contribution in [0.25, 0.3) is 0 Å². The molecule has 1 aliphatic heterocycles. The van der Waals surface area contributed by atoms with Crippen molar-refractivity contribution in [3.63, 3.8) is 0 Å². The Labute approximate surface area is 227 Å². The van der Waals surface area contributed by atoms with Crippen LogP contribution in [0.2, 0.25) is 0 Å². The summed E-state index contributed by atoms with van der Waals surface area (Å²) in [5.41, 5.74) is 1.25. The molecule has 1 aliphatic rings. The topological polar surface area (TPSA) is 88.1 Å². The molecular weight excluding hydrogens is 480 g/mol. The van der Waals surface area contributed by atoms with E-state index < -0.39 is 35.9 Å². The van der Waals surface area contributed by atoms with E-state index in [9.17, 15) is 14.7 Å². The molecule has 1 fully saturated rings. The molecule has 0 spiro atoms. The van der Waals surface area contributed by atoms with E-state index in [-0.39, 0.29) is 12.6 Å². The molecule has 7 heteroatoms. The van der Waals surface area contributed by atoms with E-state index >= 15 is 0 Å². The number of rotatable bonds is 11. The van der Waals surface area contributed by atoms with Gasteiger partial charge in [0.05, 0.1) is 18.2 Å². The summed E-state index contributed by atoms with van der Waals surface area (Å²) in [6.07, 6.45) is 1.50. The first-order valence-electron chi connectivity index (χ1n) is 13.8. The van der Waals surface area contributed by atoms with Crippen molar-refractivity contribution in [1.82, 2.24) is 10.2 Å². The average molecular weight is 525 g/mol. The van der Waals surface area contributed by atoms with Crippen molar-refractivity contribution in [2.24, 2.45) is 5.92 Å². The second-order valence-electron chi connectivity index (χ2n) is 11.2. The Morgan fingerprint density at radius 2 is 1.58 bits per heavy atom. The SMILES string of the molecule is CCC(CC)CC(O)[C@H]1[C@H](NC(=O)OCc2ccccc2)C[C@H](C(=O)OC(C)(C)C)N1Cc1ccccc1. The first-order valence-corrected chi connectivity index (χ1v) is 13.8. The van der Waals surface area contributed by atoms with Crippen LogP contribution in [0.3, 0.4) is 0 Å². The summed E-state index contributed by atoms with van der Waals surface area (Å²) < 4.78 is 11.3. The number of likely N-dealkylation sites (tertiary alicyclic amines) is 1. The van der Waals surface area contributed by atoms with Crippen molar-refractivity contribution in [3.8, 4) is 0 Å². The van der Waals surface area contributed by atoms with Crippen LogP contribution in [0.4, 0.5) is 4.79 Å². The quantitative estimate of drug-likeness (QED) is 0.380. The van der Waals surface area contributed by atoms with Gasteiger partial charge in [0.25, 0.3) is 0 Å². The van der Waals surface area contributed by atoms with Gasteiger partial charge in [0.2, 0.25) is 0 Å². The molecule has 0 bridgehead atoms. The second kappa shape index (κ2) is 13.8. The predicted octanol–water partition coefficient (Wildman–Crippen LogP) is 5.45. The summed E-state index contributed by atoms with van der Waals surface area (Å²) in [7, 11) is 0. The molecular formula is C31H44N2O5. The summed E-state index contributed by atoms with van der Waals surface area (Å²) >= 11 is 0. The predicted molar refractivity (Wildman–Crippen MR) is 148 cm³/mol. The zero-order valence-electron chi connectivity index (χ0n) is 23.4. The van der Waals surface area contributed by atoms with E-state index in [0.29, 0.717) is 25.3 Å². The molecule has 0 aliphatic carbocycles. The number of hydrogen-bond acceptors (Lipinski definition) is 6. The van der Waals surface area contributed by atoms with Crippen molar-refractivity contribution in [3.05, 3.63) is 71.8 Å². The smallest absolute Gasteiger partial charge is 0.407 e. The third-order valence-corrected chi connectivity index (χ3v) is 7.20.